The van der Waals surface area contributed by atoms with E-state index in [4.69, 9.17) is 0 Å². The van der Waals surface area contributed by atoms with E-state index in [0.29, 0.717) is 25.7 Å². The standard InChI is InChI=1S/C17H23FN2O2/c1-19-16(21)9-2-3-10-17(22)20-11-5-8-15(20)13-6-4-7-14(18)12-13/h4,6-7,12,15H,2-3,5,8-11H2,1H3,(H,19,21). The Hall–Kier alpha value is -1.91. The highest BCUT2D eigenvalue weighted by Crippen LogP contribution is 2.32. The Balaban J connectivity index is 1.87. The van der Waals surface area contributed by atoms with Crippen LogP contribution >= 0.6 is 0 Å². The molecular formula is C17H23FN2O2. The van der Waals surface area contributed by atoms with Crippen LogP contribution in [0.1, 0.15) is 50.1 Å². The molecule has 1 N–H and O–H groups in total. The van der Waals surface area contributed by atoms with E-state index in [-0.39, 0.29) is 23.7 Å². The van der Waals surface area contributed by atoms with Gasteiger partial charge in [-0.3, -0.25) is 9.59 Å². The van der Waals surface area contributed by atoms with Gasteiger partial charge in [0.1, 0.15) is 5.82 Å². The summed E-state index contributed by atoms with van der Waals surface area (Å²) in [4.78, 5) is 25.4. The molecule has 1 atom stereocenters. The molecule has 1 aromatic rings. The Morgan fingerprint density at radius 3 is 2.82 bits per heavy atom. The molecule has 5 heteroatoms. The zero-order valence-electron chi connectivity index (χ0n) is 13.0. The molecule has 0 aromatic heterocycles. The van der Waals surface area contributed by atoms with Crippen LogP contribution in [0.2, 0.25) is 0 Å². The van der Waals surface area contributed by atoms with E-state index in [1.54, 1.807) is 13.1 Å². The number of nitrogens with zero attached hydrogens (tertiary/aromatic N) is 1. The molecule has 0 spiro atoms. The highest BCUT2D eigenvalue weighted by molar-refractivity contribution is 5.77. The van der Waals surface area contributed by atoms with Crippen LogP contribution in [0.15, 0.2) is 24.3 Å². The van der Waals surface area contributed by atoms with Crippen molar-refractivity contribution in [3.05, 3.63) is 35.6 Å². The Kier molecular flexibility index (Phi) is 5.92. The van der Waals surface area contributed by atoms with Crippen molar-refractivity contribution in [2.24, 2.45) is 0 Å². The van der Waals surface area contributed by atoms with E-state index >= 15 is 0 Å². The average Bonchev–Trinajstić information content (AvgIpc) is 3.00. The second-order valence-electron chi connectivity index (χ2n) is 5.68. The Morgan fingerprint density at radius 2 is 2.09 bits per heavy atom. The van der Waals surface area contributed by atoms with Gasteiger partial charge in [-0.15, -0.1) is 0 Å². The van der Waals surface area contributed by atoms with Gasteiger partial charge in [0.25, 0.3) is 0 Å². The SMILES string of the molecule is CNC(=O)CCCCC(=O)N1CCCC1c1cccc(F)c1. The van der Waals surface area contributed by atoms with Gasteiger partial charge < -0.3 is 10.2 Å². The van der Waals surface area contributed by atoms with Gasteiger partial charge in [-0.05, 0) is 43.4 Å². The van der Waals surface area contributed by atoms with Crippen LogP contribution < -0.4 is 5.32 Å². The molecule has 1 saturated heterocycles. The molecule has 4 nitrogen and oxygen atoms in total. The van der Waals surface area contributed by atoms with Crippen molar-refractivity contribution in [2.75, 3.05) is 13.6 Å². The van der Waals surface area contributed by atoms with Gasteiger partial charge in [0.15, 0.2) is 0 Å². The number of rotatable bonds is 6. The molecule has 0 radical (unpaired) electrons. The maximum absolute atomic E-state index is 13.4. The second-order valence-corrected chi connectivity index (χ2v) is 5.68. The van der Waals surface area contributed by atoms with Crippen molar-refractivity contribution < 1.29 is 14.0 Å². The maximum Gasteiger partial charge on any atom is 0.223 e. The minimum absolute atomic E-state index is 0.00580. The third kappa shape index (κ3) is 4.29. The summed E-state index contributed by atoms with van der Waals surface area (Å²) in [6.07, 6.45) is 4.15. The summed E-state index contributed by atoms with van der Waals surface area (Å²) in [6, 6.07) is 6.49. The molecule has 22 heavy (non-hydrogen) atoms. The molecule has 1 heterocycles. The summed E-state index contributed by atoms with van der Waals surface area (Å²) in [6.45, 7) is 0.732. The summed E-state index contributed by atoms with van der Waals surface area (Å²) in [5, 5.41) is 2.57. The first-order valence-corrected chi connectivity index (χ1v) is 7.87. The van der Waals surface area contributed by atoms with E-state index in [0.717, 1.165) is 24.9 Å². The summed E-state index contributed by atoms with van der Waals surface area (Å²) < 4.78 is 13.4. The molecule has 1 aliphatic heterocycles. The van der Waals surface area contributed by atoms with E-state index < -0.39 is 0 Å². The molecule has 1 aromatic carbocycles. The minimum atomic E-state index is -0.262. The fraction of sp³-hybridized carbons (Fsp3) is 0.529. The lowest BCUT2D eigenvalue weighted by Crippen LogP contribution is -2.30. The molecule has 1 fully saturated rings. The van der Waals surface area contributed by atoms with Crippen LogP contribution in [0.4, 0.5) is 4.39 Å². The third-order valence-electron chi connectivity index (χ3n) is 4.13. The molecule has 1 unspecified atom stereocenters. The molecular weight excluding hydrogens is 283 g/mol. The van der Waals surface area contributed by atoms with E-state index in [1.807, 2.05) is 11.0 Å². The number of hydrogen-bond donors (Lipinski definition) is 1. The van der Waals surface area contributed by atoms with Crippen LogP contribution in [0.3, 0.4) is 0 Å². The van der Waals surface area contributed by atoms with E-state index in [2.05, 4.69) is 5.32 Å². The van der Waals surface area contributed by atoms with E-state index in [9.17, 15) is 14.0 Å². The molecule has 2 amide bonds. The Bertz CT molecular complexity index is 533. The summed E-state index contributed by atoms with van der Waals surface area (Å²) in [5.74, 6) is -0.155. The van der Waals surface area contributed by atoms with Gasteiger partial charge in [0.05, 0.1) is 6.04 Å². The molecule has 1 aliphatic rings. The molecule has 0 aliphatic carbocycles. The lowest BCUT2D eigenvalue weighted by atomic mass is 10.0. The van der Waals surface area contributed by atoms with Crippen molar-refractivity contribution >= 4 is 11.8 Å². The van der Waals surface area contributed by atoms with Crippen LogP contribution in [0.5, 0.6) is 0 Å². The number of likely N-dealkylation sites (tertiary alicyclic amines) is 1. The molecule has 120 valence electrons. The fourth-order valence-corrected chi connectivity index (χ4v) is 2.96. The number of halogens is 1. The first kappa shape index (κ1) is 16.5. The molecule has 2 rings (SSSR count). The number of benzene rings is 1. The predicted octanol–water partition coefficient (Wildman–Crippen LogP) is 2.80. The Morgan fingerprint density at radius 1 is 1.32 bits per heavy atom. The largest absolute Gasteiger partial charge is 0.359 e. The number of carbonyl (C=O) groups is 2. The highest BCUT2D eigenvalue weighted by atomic mass is 19.1. The number of carbonyl (C=O) groups excluding carboxylic acids is 2. The van der Waals surface area contributed by atoms with Gasteiger partial charge in [0.2, 0.25) is 11.8 Å². The number of amides is 2. The summed E-state index contributed by atoms with van der Waals surface area (Å²) in [5.41, 5.74) is 0.871. The lowest BCUT2D eigenvalue weighted by molar-refractivity contribution is -0.132. The average molecular weight is 306 g/mol. The van der Waals surface area contributed by atoms with Gasteiger partial charge in [-0.1, -0.05) is 12.1 Å². The quantitative estimate of drug-likeness (QED) is 0.822. The van der Waals surface area contributed by atoms with Crippen molar-refractivity contribution in [1.29, 1.82) is 0 Å². The van der Waals surface area contributed by atoms with Crippen molar-refractivity contribution in [3.63, 3.8) is 0 Å². The van der Waals surface area contributed by atoms with Gasteiger partial charge in [-0.25, -0.2) is 4.39 Å². The second kappa shape index (κ2) is 7.92. The molecule has 0 saturated carbocycles. The zero-order valence-corrected chi connectivity index (χ0v) is 13.0. The Labute approximate surface area is 130 Å². The summed E-state index contributed by atoms with van der Waals surface area (Å²) >= 11 is 0. The van der Waals surface area contributed by atoms with Crippen molar-refractivity contribution in [2.45, 2.75) is 44.6 Å². The fourth-order valence-electron chi connectivity index (χ4n) is 2.96. The van der Waals surface area contributed by atoms with Crippen LogP contribution in [-0.2, 0) is 9.59 Å². The van der Waals surface area contributed by atoms with Crippen LogP contribution in [-0.4, -0.2) is 30.3 Å². The maximum atomic E-state index is 13.4. The first-order valence-electron chi connectivity index (χ1n) is 7.87. The topological polar surface area (TPSA) is 49.4 Å². The van der Waals surface area contributed by atoms with Gasteiger partial charge in [0, 0.05) is 26.4 Å². The van der Waals surface area contributed by atoms with Gasteiger partial charge >= 0.3 is 0 Å². The molecule has 0 bridgehead atoms. The normalized spacial score (nSPS) is 17.5. The lowest BCUT2D eigenvalue weighted by Gasteiger charge is -2.25. The smallest absolute Gasteiger partial charge is 0.223 e. The zero-order chi connectivity index (χ0) is 15.9. The van der Waals surface area contributed by atoms with E-state index in [1.165, 1.54) is 12.1 Å². The first-order chi connectivity index (χ1) is 10.6. The third-order valence-corrected chi connectivity index (χ3v) is 4.13. The monoisotopic (exact) mass is 306 g/mol. The predicted molar refractivity (Wildman–Crippen MR) is 82.6 cm³/mol. The van der Waals surface area contributed by atoms with Gasteiger partial charge in [-0.2, -0.15) is 0 Å². The number of nitrogens with one attached hydrogen (secondary N) is 1. The number of hydrogen-bond acceptors (Lipinski definition) is 2. The number of unbranched alkanes of at least 4 members (excludes halogenated alkanes) is 1. The minimum Gasteiger partial charge on any atom is -0.359 e. The van der Waals surface area contributed by atoms with Crippen molar-refractivity contribution in [3.8, 4) is 0 Å². The van der Waals surface area contributed by atoms with Crippen LogP contribution in [0, 0.1) is 5.82 Å². The summed E-state index contributed by atoms with van der Waals surface area (Å²) in [7, 11) is 1.61. The highest BCUT2D eigenvalue weighted by Gasteiger charge is 2.29. The van der Waals surface area contributed by atoms with Crippen molar-refractivity contribution in [1.82, 2.24) is 10.2 Å². The van der Waals surface area contributed by atoms with Crippen LogP contribution in [0.25, 0.3) is 0 Å².